The average Bonchev–Trinajstić information content (AvgIpc) is 3.17. The monoisotopic (exact) mass is 415 g/mol. The second-order valence-electron chi connectivity index (χ2n) is 6.99. The predicted molar refractivity (Wildman–Crippen MR) is 121 cm³/mol. The maximum atomic E-state index is 13.1. The molecule has 0 aliphatic heterocycles. The quantitative estimate of drug-likeness (QED) is 0.385. The molecule has 30 heavy (non-hydrogen) atoms. The SMILES string of the molecule is O=c1[nH]c2cc(Cl)ccc2c(NCCc2ccccn2)c1-c1nc2ccccc2[nH]1. The summed E-state index contributed by atoms with van der Waals surface area (Å²) in [5, 5.41) is 4.88. The minimum absolute atomic E-state index is 0.232. The van der Waals surface area contributed by atoms with E-state index in [1.807, 2.05) is 54.6 Å². The molecule has 3 aromatic heterocycles. The van der Waals surface area contributed by atoms with Crippen LogP contribution in [0.15, 0.2) is 71.7 Å². The Balaban J connectivity index is 1.63. The van der Waals surface area contributed by atoms with Crippen molar-refractivity contribution < 1.29 is 0 Å². The molecule has 0 saturated carbocycles. The predicted octanol–water partition coefficient (Wildman–Crippen LogP) is 4.77. The van der Waals surface area contributed by atoms with Crippen LogP contribution in [-0.2, 0) is 6.42 Å². The van der Waals surface area contributed by atoms with E-state index < -0.39 is 0 Å². The molecule has 7 heteroatoms. The molecule has 0 bridgehead atoms. The molecule has 0 unspecified atom stereocenters. The van der Waals surface area contributed by atoms with Crippen LogP contribution < -0.4 is 10.9 Å². The highest BCUT2D eigenvalue weighted by Gasteiger charge is 2.18. The van der Waals surface area contributed by atoms with E-state index in [4.69, 9.17) is 11.6 Å². The zero-order chi connectivity index (χ0) is 20.5. The van der Waals surface area contributed by atoms with Crippen molar-refractivity contribution in [3.05, 3.63) is 87.9 Å². The van der Waals surface area contributed by atoms with E-state index >= 15 is 0 Å². The minimum atomic E-state index is -0.232. The van der Waals surface area contributed by atoms with Crippen LogP contribution in [0.4, 0.5) is 5.69 Å². The Kier molecular flexibility index (Phi) is 4.69. The summed E-state index contributed by atoms with van der Waals surface area (Å²) in [6, 6.07) is 19.0. The van der Waals surface area contributed by atoms with Crippen molar-refractivity contribution in [2.75, 3.05) is 11.9 Å². The van der Waals surface area contributed by atoms with E-state index in [1.165, 1.54) is 0 Å². The van der Waals surface area contributed by atoms with E-state index in [2.05, 4.69) is 25.3 Å². The Bertz CT molecular complexity index is 1380. The molecule has 2 aromatic carbocycles. The first-order chi connectivity index (χ1) is 14.7. The molecule has 0 radical (unpaired) electrons. The molecular formula is C23H18ClN5O. The number of hydrogen-bond acceptors (Lipinski definition) is 4. The third-order valence-electron chi connectivity index (χ3n) is 5.01. The fraction of sp³-hybridized carbons (Fsp3) is 0.0870. The zero-order valence-corrected chi connectivity index (χ0v) is 16.7. The van der Waals surface area contributed by atoms with Gasteiger partial charge in [0.15, 0.2) is 0 Å². The number of aromatic nitrogens is 4. The number of rotatable bonds is 5. The molecular weight excluding hydrogens is 398 g/mol. The van der Waals surface area contributed by atoms with Gasteiger partial charge in [-0.3, -0.25) is 9.78 Å². The van der Waals surface area contributed by atoms with Crippen molar-refractivity contribution in [2.45, 2.75) is 6.42 Å². The van der Waals surface area contributed by atoms with E-state index in [0.29, 0.717) is 28.5 Å². The lowest BCUT2D eigenvalue weighted by Crippen LogP contribution is -2.16. The molecule has 0 saturated heterocycles. The number of pyridine rings is 2. The van der Waals surface area contributed by atoms with Crippen molar-refractivity contribution in [3.63, 3.8) is 0 Å². The number of fused-ring (bicyclic) bond motifs is 2. The van der Waals surface area contributed by atoms with Crippen molar-refractivity contribution in [3.8, 4) is 11.4 Å². The van der Waals surface area contributed by atoms with Gasteiger partial charge in [-0.05, 0) is 42.5 Å². The topological polar surface area (TPSA) is 86.5 Å². The first-order valence-corrected chi connectivity index (χ1v) is 10.0. The summed E-state index contributed by atoms with van der Waals surface area (Å²) in [5.41, 5.74) is 4.30. The third-order valence-corrected chi connectivity index (χ3v) is 5.25. The first kappa shape index (κ1) is 18.4. The molecule has 0 aliphatic carbocycles. The lowest BCUT2D eigenvalue weighted by molar-refractivity contribution is 0.962. The lowest BCUT2D eigenvalue weighted by atomic mass is 10.1. The van der Waals surface area contributed by atoms with Crippen LogP contribution in [0.2, 0.25) is 5.02 Å². The van der Waals surface area contributed by atoms with Gasteiger partial charge in [0, 0.05) is 35.3 Å². The highest BCUT2D eigenvalue weighted by Crippen LogP contribution is 2.32. The number of nitrogens with one attached hydrogen (secondary N) is 3. The Labute approximate surface area is 177 Å². The molecule has 3 N–H and O–H groups in total. The Hall–Kier alpha value is -3.64. The molecule has 3 heterocycles. The van der Waals surface area contributed by atoms with Crippen LogP contribution in [0.1, 0.15) is 5.69 Å². The second-order valence-corrected chi connectivity index (χ2v) is 7.43. The van der Waals surface area contributed by atoms with Gasteiger partial charge >= 0.3 is 0 Å². The van der Waals surface area contributed by atoms with Crippen molar-refractivity contribution in [1.82, 2.24) is 19.9 Å². The molecule has 0 atom stereocenters. The number of aromatic amines is 2. The number of nitrogens with zero attached hydrogens (tertiary/aromatic N) is 2. The van der Waals surface area contributed by atoms with Crippen molar-refractivity contribution in [1.29, 1.82) is 0 Å². The second kappa shape index (κ2) is 7.65. The summed E-state index contributed by atoms with van der Waals surface area (Å²) in [5.74, 6) is 0.523. The van der Waals surface area contributed by atoms with Gasteiger partial charge in [-0.25, -0.2) is 4.98 Å². The summed E-state index contributed by atoms with van der Waals surface area (Å²) >= 11 is 6.15. The van der Waals surface area contributed by atoms with Crippen LogP contribution in [-0.4, -0.2) is 26.5 Å². The van der Waals surface area contributed by atoms with E-state index in [9.17, 15) is 4.79 Å². The summed E-state index contributed by atoms with van der Waals surface area (Å²) in [4.78, 5) is 28.3. The smallest absolute Gasteiger partial charge is 0.261 e. The number of imidazole rings is 1. The van der Waals surface area contributed by atoms with E-state index in [-0.39, 0.29) is 5.56 Å². The number of halogens is 1. The molecule has 0 amide bonds. The zero-order valence-electron chi connectivity index (χ0n) is 15.9. The third kappa shape index (κ3) is 3.42. The number of anilines is 1. The number of hydrogen-bond donors (Lipinski definition) is 3. The Morgan fingerprint density at radius 2 is 1.83 bits per heavy atom. The van der Waals surface area contributed by atoms with Gasteiger partial charge in [0.2, 0.25) is 0 Å². The highest BCUT2D eigenvalue weighted by atomic mass is 35.5. The number of benzene rings is 2. The summed E-state index contributed by atoms with van der Waals surface area (Å²) in [6.45, 7) is 0.616. The first-order valence-electron chi connectivity index (χ1n) is 9.63. The van der Waals surface area contributed by atoms with E-state index in [0.717, 1.165) is 34.2 Å². The van der Waals surface area contributed by atoms with Crippen LogP contribution in [0.25, 0.3) is 33.3 Å². The van der Waals surface area contributed by atoms with Gasteiger partial charge in [-0.1, -0.05) is 29.8 Å². The fourth-order valence-electron chi connectivity index (χ4n) is 3.61. The van der Waals surface area contributed by atoms with Crippen LogP contribution >= 0.6 is 11.6 Å². The molecule has 148 valence electrons. The molecule has 0 spiro atoms. The van der Waals surface area contributed by atoms with Gasteiger partial charge < -0.3 is 15.3 Å². The molecule has 0 fully saturated rings. The summed E-state index contributed by atoms with van der Waals surface area (Å²) in [6.07, 6.45) is 2.50. The van der Waals surface area contributed by atoms with Crippen LogP contribution in [0.5, 0.6) is 0 Å². The molecule has 5 rings (SSSR count). The summed E-state index contributed by atoms with van der Waals surface area (Å²) in [7, 11) is 0. The molecule has 0 aliphatic rings. The van der Waals surface area contributed by atoms with Gasteiger partial charge in [-0.15, -0.1) is 0 Å². The Morgan fingerprint density at radius 1 is 0.967 bits per heavy atom. The number of para-hydroxylation sites is 2. The summed E-state index contributed by atoms with van der Waals surface area (Å²) < 4.78 is 0. The van der Waals surface area contributed by atoms with Crippen molar-refractivity contribution >= 4 is 39.2 Å². The maximum absolute atomic E-state index is 13.1. The normalized spacial score (nSPS) is 11.2. The lowest BCUT2D eigenvalue weighted by Gasteiger charge is -2.14. The highest BCUT2D eigenvalue weighted by molar-refractivity contribution is 6.31. The maximum Gasteiger partial charge on any atom is 0.261 e. The van der Waals surface area contributed by atoms with Gasteiger partial charge in [0.05, 0.1) is 22.2 Å². The van der Waals surface area contributed by atoms with Crippen LogP contribution in [0.3, 0.4) is 0 Å². The van der Waals surface area contributed by atoms with Gasteiger partial charge in [-0.2, -0.15) is 0 Å². The molecule has 5 aromatic rings. The van der Waals surface area contributed by atoms with Crippen molar-refractivity contribution in [2.24, 2.45) is 0 Å². The largest absolute Gasteiger partial charge is 0.383 e. The minimum Gasteiger partial charge on any atom is -0.383 e. The van der Waals surface area contributed by atoms with Gasteiger partial charge in [0.1, 0.15) is 11.4 Å². The van der Waals surface area contributed by atoms with E-state index in [1.54, 1.807) is 12.3 Å². The van der Waals surface area contributed by atoms with Crippen LogP contribution in [0, 0.1) is 0 Å². The molecule has 6 nitrogen and oxygen atoms in total. The fourth-order valence-corrected chi connectivity index (χ4v) is 3.79. The standard InChI is InChI=1S/C23H18ClN5O/c24-14-8-9-16-19(13-14)29-23(30)20(22-27-17-6-1-2-7-18(17)28-22)21(16)26-12-10-15-5-3-4-11-25-15/h1-9,11,13H,10,12H2,(H,27,28)(H2,26,29,30). The van der Waals surface area contributed by atoms with Gasteiger partial charge in [0.25, 0.3) is 5.56 Å². The number of H-pyrrole nitrogens is 2. The Morgan fingerprint density at radius 3 is 2.67 bits per heavy atom. The average molecular weight is 416 g/mol.